The van der Waals surface area contributed by atoms with Crippen molar-refractivity contribution in [2.45, 2.75) is 348 Å². The molecule has 0 N–H and O–H groups in total. The predicted molar refractivity (Wildman–Crippen MR) is 316 cm³/mol. The molecule has 0 aliphatic carbocycles. The van der Waals surface area contributed by atoms with Crippen LogP contribution in [0.3, 0.4) is 0 Å². The number of carbonyl (C=O) groups excluding carboxylic acids is 3. The van der Waals surface area contributed by atoms with Crippen molar-refractivity contribution >= 4 is 17.9 Å². The van der Waals surface area contributed by atoms with Gasteiger partial charge in [-0.05, 0) is 83.5 Å². The van der Waals surface area contributed by atoms with Crippen molar-refractivity contribution in [3.8, 4) is 0 Å². The highest BCUT2D eigenvalue weighted by molar-refractivity contribution is 5.71. The quantitative estimate of drug-likeness (QED) is 0.0261. The van der Waals surface area contributed by atoms with Crippen LogP contribution in [0.15, 0.2) is 48.6 Å². The Morgan fingerprint density at radius 1 is 0.274 bits per heavy atom. The molecule has 0 rings (SSSR count). The molecule has 0 fully saturated rings. The number of esters is 3. The molecule has 1 atom stereocenters. The van der Waals surface area contributed by atoms with Crippen molar-refractivity contribution in [2.24, 2.45) is 0 Å². The molecule has 0 aliphatic heterocycles. The van der Waals surface area contributed by atoms with Crippen molar-refractivity contribution in [1.29, 1.82) is 0 Å². The van der Waals surface area contributed by atoms with E-state index in [1.807, 2.05) is 0 Å². The Hall–Kier alpha value is -2.63. The summed E-state index contributed by atoms with van der Waals surface area (Å²) in [7, 11) is 0. The van der Waals surface area contributed by atoms with Gasteiger partial charge in [0.05, 0.1) is 0 Å². The van der Waals surface area contributed by atoms with E-state index < -0.39 is 6.10 Å². The van der Waals surface area contributed by atoms with Crippen molar-refractivity contribution < 1.29 is 28.6 Å². The molecule has 426 valence electrons. The molecule has 0 aromatic carbocycles. The summed E-state index contributed by atoms with van der Waals surface area (Å²) in [6.45, 7) is 6.56. The molecule has 0 aromatic rings. The Labute approximate surface area is 454 Å². The van der Waals surface area contributed by atoms with Crippen LogP contribution in [0.1, 0.15) is 342 Å². The number of allylic oxidation sites excluding steroid dienone is 8. The summed E-state index contributed by atoms with van der Waals surface area (Å²) in [6.07, 6.45) is 77.5. The molecule has 6 nitrogen and oxygen atoms in total. The molecule has 0 aliphatic rings. The summed E-state index contributed by atoms with van der Waals surface area (Å²) < 4.78 is 16.8. The smallest absolute Gasteiger partial charge is 0.306 e. The van der Waals surface area contributed by atoms with Crippen LogP contribution in [0.4, 0.5) is 0 Å². The van der Waals surface area contributed by atoms with Crippen LogP contribution in [0.25, 0.3) is 0 Å². The summed E-state index contributed by atoms with van der Waals surface area (Å²) in [6, 6.07) is 0. The number of rotatable bonds is 59. The highest BCUT2D eigenvalue weighted by atomic mass is 16.6. The third-order valence-corrected chi connectivity index (χ3v) is 14.3. The van der Waals surface area contributed by atoms with E-state index >= 15 is 0 Å². The second-order valence-corrected chi connectivity index (χ2v) is 21.7. The molecule has 0 saturated heterocycles. The summed E-state index contributed by atoms with van der Waals surface area (Å²) in [5.41, 5.74) is 0. The summed E-state index contributed by atoms with van der Waals surface area (Å²) >= 11 is 0. The zero-order valence-electron chi connectivity index (χ0n) is 48.9. The van der Waals surface area contributed by atoms with Gasteiger partial charge in [-0.3, -0.25) is 14.4 Å². The highest BCUT2D eigenvalue weighted by Crippen LogP contribution is 2.17. The molecular formula is C67H122O6. The largest absolute Gasteiger partial charge is 0.462 e. The van der Waals surface area contributed by atoms with Crippen LogP contribution in [-0.2, 0) is 28.6 Å². The molecule has 0 aromatic heterocycles. The van der Waals surface area contributed by atoms with Gasteiger partial charge in [0.15, 0.2) is 6.10 Å². The first-order valence-corrected chi connectivity index (χ1v) is 32.1. The maximum absolute atomic E-state index is 12.8. The molecule has 73 heavy (non-hydrogen) atoms. The fourth-order valence-electron chi connectivity index (χ4n) is 9.45. The number of hydrogen-bond acceptors (Lipinski definition) is 6. The Morgan fingerprint density at radius 2 is 0.493 bits per heavy atom. The molecule has 1 unspecified atom stereocenters. The van der Waals surface area contributed by atoms with E-state index in [4.69, 9.17) is 14.2 Å². The number of unbranched alkanes of at least 4 members (excludes halogenated alkanes) is 40. The standard InChI is InChI=1S/C67H122O6/c1-4-7-10-13-15-17-19-21-23-25-27-28-29-30-31-32-33-34-35-36-37-38-40-41-43-45-47-49-51-54-57-60-66(69)72-63-64(62-71-65(68)59-56-53-12-9-6-3)73-67(70)61-58-55-52-50-48-46-44-42-39-26-24-22-20-18-16-14-11-8-5-2/h16,18,22,24-25,27,39,42,64H,4-15,17,19-21,23,26,28-38,40-41,43-63H2,1-3H3/b18-16-,24-22-,27-25-,42-39-. The minimum Gasteiger partial charge on any atom is -0.462 e. The summed E-state index contributed by atoms with van der Waals surface area (Å²) in [5, 5.41) is 0. The molecule has 0 amide bonds. The maximum atomic E-state index is 12.8. The van der Waals surface area contributed by atoms with E-state index in [0.717, 1.165) is 83.5 Å². The first kappa shape index (κ1) is 70.4. The van der Waals surface area contributed by atoms with Crippen molar-refractivity contribution in [3.05, 3.63) is 48.6 Å². The van der Waals surface area contributed by atoms with Crippen LogP contribution >= 0.6 is 0 Å². The molecule has 0 saturated carbocycles. The fraction of sp³-hybridized carbons (Fsp3) is 0.836. The molecule has 0 radical (unpaired) electrons. The topological polar surface area (TPSA) is 78.9 Å². The monoisotopic (exact) mass is 1020 g/mol. The van der Waals surface area contributed by atoms with Crippen LogP contribution in [0, 0.1) is 0 Å². The van der Waals surface area contributed by atoms with Gasteiger partial charge in [0.1, 0.15) is 13.2 Å². The Balaban J connectivity index is 3.95. The van der Waals surface area contributed by atoms with Crippen molar-refractivity contribution in [1.82, 2.24) is 0 Å². The van der Waals surface area contributed by atoms with Gasteiger partial charge in [-0.15, -0.1) is 0 Å². The minimum absolute atomic E-state index is 0.0757. The first-order valence-electron chi connectivity index (χ1n) is 32.1. The lowest BCUT2D eigenvalue weighted by Gasteiger charge is -2.18. The zero-order chi connectivity index (χ0) is 52.9. The third-order valence-electron chi connectivity index (χ3n) is 14.3. The average Bonchev–Trinajstić information content (AvgIpc) is 3.39. The van der Waals surface area contributed by atoms with Crippen molar-refractivity contribution in [3.63, 3.8) is 0 Å². The number of carbonyl (C=O) groups is 3. The maximum Gasteiger partial charge on any atom is 0.306 e. The first-order chi connectivity index (χ1) is 36.0. The zero-order valence-corrected chi connectivity index (χ0v) is 48.9. The number of hydrogen-bond donors (Lipinski definition) is 0. The van der Waals surface area contributed by atoms with Crippen molar-refractivity contribution in [2.75, 3.05) is 13.2 Å². The molecular weight excluding hydrogens is 901 g/mol. The lowest BCUT2D eigenvalue weighted by molar-refractivity contribution is -0.167. The normalized spacial score (nSPS) is 12.3. The van der Waals surface area contributed by atoms with Crippen LogP contribution < -0.4 is 0 Å². The van der Waals surface area contributed by atoms with Crippen LogP contribution in [-0.4, -0.2) is 37.2 Å². The lowest BCUT2D eigenvalue weighted by atomic mass is 10.0. The average molecular weight is 1020 g/mol. The van der Waals surface area contributed by atoms with E-state index in [2.05, 4.69) is 69.4 Å². The SMILES string of the molecule is CCCCC/C=C\C/C=C\C/C=C\CCCCCCCCC(=O)OC(COC(=O)CCCCCCC)COC(=O)CCCCCCCCCCCCCCCCCCCCC/C=C\CCCCCCCCCC. The fourth-order valence-corrected chi connectivity index (χ4v) is 9.45. The van der Waals surface area contributed by atoms with Gasteiger partial charge >= 0.3 is 17.9 Å². The van der Waals surface area contributed by atoms with Crippen LogP contribution in [0.5, 0.6) is 0 Å². The van der Waals surface area contributed by atoms with Gasteiger partial charge < -0.3 is 14.2 Å². The predicted octanol–water partition coefficient (Wildman–Crippen LogP) is 21.8. The summed E-state index contributed by atoms with van der Waals surface area (Å²) in [5.74, 6) is -0.887. The molecule has 0 bridgehead atoms. The minimum atomic E-state index is -0.775. The van der Waals surface area contributed by atoms with E-state index in [-0.39, 0.29) is 31.1 Å². The van der Waals surface area contributed by atoms with Gasteiger partial charge in [0, 0.05) is 19.3 Å². The summed E-state index contributed by atoms with van der Waals surface area (Å²) in [4.78, 5) is 37.9. The van der Waals surface area contributed by atoms with Gasteiger partial charge in [0.25, 0.3) is 0 Å². The van der Waals surface area contributed by atoms with Gasteiger partial charge in [-0.2, -0.15) is 0 Å². The van der Waals surface area contributed by atoms with Gasteiger partial charge in [0.2, 0.25) is 0 Å². The molecule has 0 heterocycles. The Morgan fingerprint density at radius 3 is 0.808 bits per heavy atom. The lowest BCUT2D eigenvalue weighted by Crippen LogP contribution is -2.30. The second kappa shape index (κ2) is 61.9. The van der Waals surface area contributed by atoms with E-state index in [9.17, 15) is 14.4 Å². The third kappa shape index (κ3) is 60.1. The highest BCUT2D eigenvalue weighted by Gasteiger charge is 2.19. The van der Waals surface area contributed by atoms with E-state index in [0.29, 0.717) is 19.3 Å². The van der Waals surface area contributed by atoms with Crippen LogP contribution in [0.2, 0.25) is 0 Å². The number of ether oxygens (including phenoxy) is 3. The molecule has 0 spiro atoms. The van der Waals surface area contributed by atoms with Gasteiger partial charge in [-0.1, -0.05) is 288 Å². The Kier molecular flexibility index (Phi) is 59.7. The van der Waals surface area contributed by atoms with E-state index in [1.165, 1.54) is 218 Å². The Bertz CT molecular complexity index is 1270. The molecule has 6 heteroatoms. The van der Waals surface area contributed by atoms with E-state index in [1.54, 1.807) is 0 Å². The second-order valence-electron chi connectivity index (χ2n) is 21.7. The van der Waals surface area contributed by atoms with Gasteiger partial charge in [-0.25, -0.2) is 0 Å².